The smallest absolute Gasteiger partial charge is 0.227 e. The number of hydrogen-bond acceptors (Lipinski definition) is 5. The minimum absolute atomic E-state index is 0.842. The molecule has 1 heterocycles. The van der Waals surface area contributed by atoms with E-state index in [1.807, 2.05) is 7.05 Å². The van der Waals surface area contributed by atoms with E-state index in [4.69, 9.17) is 0 Å². The van der Waals surface area contributed by atoms with E-state index in [9.17, 15) is 0 Å². The van der Waals surface area contributed by atoms with Crippen LogP contribution in [0.2, 0.25) is 0 Å². The van der Waals surface area contributed by atoms with Crippen molar-refractivity contribution in [1.29, 1.82) is 0 Å². The summed E-state index contributed by atoms with van der Waals surface area (Å²) in [5, 5.41) is 8.44. The Kier molecular flexibility index (Phi) is 3.38. The molecule has 0 saturated heterocycles. The Bertz CT molecular complexity index is 484. The van der Waals surface area contributed by atoms with Crippen molar-refractivity contribution in [2.45, 2.75) is 27.3 Å². The van der Waals surface area contributed by atoms with Gasteiger partial charge >= 0.3 is 0 Å². The molecule has 0 bridgehead atoms. The molecule has 0 saturated carbocycles. The van der Waals surface area contributed by atoms with Crippen LogP contribution in [0.5, 0.6) is 0 Å². The summed E-state index contributed by atoms with van der Waals surface area (Å²) < 4.78 is 3.78. The monoisotopic (exact) mass is 248 g/mol. The third-order valence-corrected chi connectivity index (χ3v) is 3.56. The first-order valence-corrected chi connectivity index (χ1v) is 6.28. The quantitative estimate of drug-likeness (QED) is 0.837. The number of anilines is 1. The molecule has 17 heavy (non-hydrogen) atoms. The number of nitrogens with zero attached hydrogens (tertiary/aromatic N) is 4. The molecular weight excluding hydrogens is 232 g/mol. The number of hydrogen-bond donors (Lipinski definition) is 0. The third-order valence-electron chi connectivity index (χ3n) is 2.85. The van der Waals surface area contributed by atoms with Crippen molar-refractivity contribution in [3.8, 4) is 0 Å². The lowest BCUT2D eigenvalue weighted by Gasteiger charge is -2.18. The Hall–Kier alpha value is -1.49. The summed E-state index contributed by atoms with van der Waals surface area (Å²) >= 11 is 1.32. The van der Waals surface area contributed by atoms with E-state index < -0.39 is 0 Å². The minimum atomic E-state index is 0.842. The SMILES string of the molecule is Cc1cc(C)c(CN(C)c2nnns2)c(C)c1. The van der Waals surface area contributed by atoms with E-state index in [1.54, 1.807) is 0 Å². The molecule has 0 aliphatic heterocycles. The first kappa shape index (κ1) is 12.0. The van der Waals surface area contributed by atoms with Gasteiger partial charge in [-0.25, -0.2) is 0 Å². The summed E-state index contributed by atoms with van der Waals surface area (Å²) in [5.74, 6) is 0. The average Bonchev–Trinajstić information content (AvgIpc) is 2.76. The van der Waals surface area contributed by atoms with E-state index in [0.717, 1.165) is 11.7 Å². The van der Waals surface area contributed by atoms with E-state index >= 15 is 0 Å². The van der Waals surface area contributed by atoms with Gasteiger partial charge in [-0.15, -0.1) is 0 Å². The first-order valence-electron chi connectivity index (χ1n) is 5.51. The Morgan fingerprint density at radius 1 is 1.18 bits per heavy atom. The fourth-order valence-electron chi connectivity index (χ4n) is 2.04. The molecular formula is C12H16N4S. The minimum Gasteiger partial charge on any atom is -0.344 e. The van der Waals surface area contributed by atoms with Gasteiger partial charge in [-0.2, -0.15) is 0 Å². The van der Waals surface area contributed by atoms with Crippen LogP contribution in [0, 0.1) is 20.8 Å². The van der Waals surface area contributed by atoms with Gasteiger partial charge in [-0.3, -0.25) is 0 Å². The standard InChI is InChI=1S/C12H16N4S/c1-8-5-9(2)11(10(3)6-8)7-16(4)12-13-14-15-17-12/h5-6H,7H2,1-4H3. The highest BCUT2D eigenvalue weighted by Crippen LogP contribution is 2.21. The van der Waals surface area contributed by atoms with Crippen molar-refractivity contribution >= 4 is 16.7 Å². The molecule has 1 aromatic heterocycles. The van der Waals surface area contributed by atoms with Crippen molar-refractivity contribution in [2.75, 3.05) is 11.9 Å². The van der Waals surface area contributed by atoms with Crippen LogP contribution in [0.1, 0.15) is 22.3 Å². The van der Waals surface area contributed by atoms with E-state index in [-0.39, 0.29) is 0 Å². The van der Waals surface area contributed by atoms with Crippen LogP contribution in [0.3, 0.4) is 0 Å². The molecule has 0 aliphatic rings. The lowest BCUT2D eigenvalue weighted by molar-refractivity contribution is 0.863. The summed E-state index contributed by atoms with van der Waals surface area (Å²) in [7, 11) is 2.01. The molecule has 2 aromatic rings. The molecule has 0 atom stereocenters. The maximum atomic E-state index is 3.97. The predicted molar refractivity (Wildman–Crippen MR) is 70.5 cm³/mol. The highest BCUT2D eigenvalue weighted by atomic mass is 32.1. The second kappa shape index (κ2) is 4.79. The molecule has 0 unspecified atom stereocenters. The molecule has 1 aromatic carbocycles. The van der Waals surface area contributed by atoms with Crippen LogP contribution < -0.4 is 4.90 Å². The summed E-state index contributed by atoms with van der Waals surface area (Å²) in [6, 6.07) is 4.43. The summed E-state index contributed by atoms with van der Waals surface area (Å²) in [4.78, 5) is 2.08. The van der Waals surface area contributed by atoms with Crippen molar-refractivity contribution in [3.05, 3.63) is 34.4 Å². The van der Waals surface area contributed by atoms with E-state index in [1.165, 1.54) is 33.8 Å². The second-order valence-electron chi connectivity index (χ2n) is 4.38. The molecule has 0 N–H and O–H groups in total. The zero-order valence-electron chi connectivity index (χ0n) is 10.6. The lowest BCUT2D eigenvalue weighted by Crippen LogP contribution is -2.17. The maximum absolute atomic E-state index is 3.97. The number of aryl methyl sites for hydroxylation is 3. The van der Waals surface area contributed by atoms with Crippen LogP contribution in [0.4, 0.5) is 5.13 Å². The molecule has 0 spiro atoms. The van der Waals surface area contributed by atoms with Crippen molar-refractivity contribution in [3.63, 3.8) is 0 Å². The molecule has 5 heteroatoms. The van der Waals surface area contributed by atoms with Crippen LogP contribution in [-0.2, 0) is 6.54 Å². The van der Waals surface area contributed by atoms with E-state index in [2.05, 4.69) is 52.6 Å². The number of benzene rings is 1. The normalized spacial score (nSPS) is 10.6. The Balaban J connectivity index is 2.25. The van der Waals surface area contributed by atoms with Gasteiger partial charge in [-0.05, 0) is 42.7 Å². The van der Waals surface area contributed by atoms with Gasteiger partial charge in [0.1, 0.15) is 0 Å². The fraction of sp³-hybridized carbons (Fsp3) is 0.417. The van der Waals surface area contributed by atoms with Gasteiger partial charge in [0, 0.05) is 25.1 Å². The zero-order chi connectivity index (χ0) is 12.4. The second-order valence-corrected chi connectivity index (χ2v) is 5.09. The molecule has 0 amide bonds. The summed E-state index contributed by atoms with van der Waals surface area (Å²) in [6.07, 6.45) is 0. The first-order chi connectivity index (χ1) is 8.08. The van der Waals surface area contributed by atoms with Gasteiger partial charge in [0.05, 0.1) is 0 Å². The molecule has 0 aliphatic carbocycles. The third kappa shape index (κ3) is 2.61. The summed E-state index contributed by atoms with van der Waals surface area (Å²) in [6.45, 7) is 7.28. The van der Waals surface area contributed by atoms with Crippen LogP contribution >= 0.6 is 11.5 Å². The molecule has 2 rings (SSSR count). The van der Waals surface area contributed by atoms with Crippen molar-refractivity contribution in [2.24, 2.45) is 0 Å². The average molecular weight is 248 g/mol. The highest BCUT2D eigenvalue weighted by Gasteiger charge is 2.10. The Morgan fingerprint density at radius 2 is 1.82 bits per heavy atom. The van der Waals surface area contributed by atoms with Crippen LogP contribution in [-0.4, -0.2) is 21.8 Å². The predicted octanol–water partition coefficient (Wildman–Crippen LogP) is 2.49. The Morgan fingerprint density at radius 3 is 2.35 bits per heavy atom. The molecule has 4 nitrogen and oxygen atoms in total. The van der Waals surface area contributed by atoms with Gasteiger partial charge in [0.2, 0.25) is 5.13 Å². The number of aromatic nitrogens is 3. The van der Waals surface area contributed by atoms with Gasteiger partial charge in [0.15, 0.2) is 0 Å². The molecule has 0 fully saturated rings. The van der Waals surface area contributed by atoms with Gasteiger partial charge in [0.25, 0.3) is 0 Å². The highest BCUT2D eigenvalue weighted by molar-refractivity contribution is 7.09. The lowest BCUT2D eigenvalue weighted by atomic mass is 9.99. The Labute approximate surface area is 105 Å². The largest absolute Gasteiger partial charge is 0.344 e. The van der Waals surface area contributed by atoms with Crippen molar-refractivity contribution in [1.82, 2.24) is 14.8 Å². The van der Waals surface area contributed by atoms with Gasteiger partial charge in [-0.1, -0.05) is 27.3 Å². The van der Waals surface area contributed by atoms with E-state index in [0.29, 0.717) is 0 Å². The maximum Gasteiger partial charge on any atom is 0.227 e. The zero-order valence-corrected chi connectivity index (χ0v) is 11.4. The summed E-state index contributed by atoms with van der Waals surface area (Å²) in [5.41, 5.74) is 5.32. The molecule has 0 radical (unpaired) electrons. The molecule has 90 valence electrons. The fourth-order valence-corrected chi connectivity index (χ4v) is 2.46. The van der Waals surface area contributed by atoms with Crippen LogP contribution in [0.25, 0.3) is 0 Å². The van der Waals surface area contributed by atoms with Crippen LogP contribution in [0.15, 0.2) is 12.1 Å². The number of rotatable bonds is 3. The van der Waals surface area contributed by atoms with Crippen molar-refractivity contribution < 1.29 is 0 Å². The van der Waals surface area contributed by atoms with Gasteiger partial charge < -0.3 is 4.90 Å². The topological polar surface area (TPSA) is 41.9 Å².